The molecule has 1 aliphatic heterocycles. The zero-order chi connectivity index (χ0) is 17.9. The van der Waals surface area contributed by atoms with Gasteiger partial charge in [-0.1, -0.05) is 24.3 Å². The van der Waals surface area contributed by atoms with Crippen LogP contribution in [0.1, 0.15) is 21.5 Å². The number of pyridine rings is 1. The Morgan fingerprint density at radius 1 is 1.00 bits per heavy atom. The van der Waals surface area contributed by atoms with Crippen LogP contribution in [-0.4, -0.2) is 22.5 Å². The second-order valence-corrected chi connectivity index (χ2v) is 6.35. The number of anilines is 2. The summed E-state index contributed by atoms with van der Waals surface area (Å²) in [5, 5.41) is 12.1. The molecule has 0 unspecified atom stereocenters. The van der Waals surface area contributed by atoms with Gasteiger partial charge in [0.05, 0.1) is 5.56 Å². The average molecular weight is 345 g/mol. The lowest BCUT2D eigenvalue weighted by Gasteiger charge is -2.29. The Hall–Kier alpha value is -3.34. The van der Waals surface area contributed by atoms with Gasteiger partial charge in [0.1, 0.15) is 11.6 Å². The van der Waals surface area contributed by atoms with Crippen LogP contribution in [0.25, 0.3) is 0 Å². The summed E-state index contributed by atoms with van der Waals surface area (Å²) in [7, 11) is 0. The van der Waals surface area contributed by atoms with Crippen molar-refractivity contribution >= 4 is 17.4 Å². The molecule has 0 spiro atoms. The highest BCUT2D eigenvalue weighted by Gasteiger charge is 2.17. The fourth-order valence-corrected chi connectivity index (χ4v) is 3.15. The Kier molecular flexibility index (Phi) is 4.27. The van der Waals surface area contributed by atoms with E-state index in [4.69, 9.17) is 0 Å². The van der Waals surface area contributed by atoms with Crippen molar-refractivity contribution in [2.45, 2.75) is 13.0 Å². The Morgan fingerprint density at radius 2 is 1.77 bits per heavy atom. The molecule has 3 aromatic rings. The molecule has 26 heavy (non-hydrogen) atoms. The quantitative estimate of drug-likeness (QED) is 0.712. The molecular weight excluding hydrogens is 326 g/mol. The fraction of sp³-hybridized carbons (Fsp3) is 0.143. The number of aromatic nitrogens is 1. The molecule has 1 amide bonds. The number of aromatic hydroxyl groups is 1. The topological polar surface area (TPSA) is 65.5 Å². The first kappa shape index (κ1) is 16.1. The molecule has 0 saturated carbocycles. The molecule has 0 radical (unpaired) electrons. The maximum Gasteiger partial charge on any atom is 0.257 e. The number of benzene rings is 2. The standard InChI is InChI=1S/C21H19N3O2/c25-19-8-6-18(7-9-19)23-21(26)16-5-10-20(22-13-16)24-12-11-15-3-1-2-4-17(15)14-24/h1-10,13,25H,11-12,14H2,(H,23,26). The monoisotopic (exact) mass is 345 g/mol. The van der Waals surface area contributed by atoms with Crippen LogP contribution in [0.3, 0.4) is 0 Å². The number of fused-ring (bicyclic) bond motifs is 1. The molecule has 1 aromatic heterocycles. The van der Waals surface area contributed by atoms with E-state index in [-0.39, 0.29) is 11.7 Å². The van der Waals surface area contributed by atoms with Gasteiger partial charge < -0.3 is 15.3 Å². The highest BCUT2D eigenvalue weighted by Crippen LogP contribution is 2.23. The van der Waals surface area contributed by atoms with Crippen molar-refractivity contribution in [1.29, 1.82) is 0 Å². The molecule has 5 heteroatoms. The summed E-state index contributed by atoms with van der Waals surface area (Å²) < 4.78 is 0. The minimum atomic E-state index is -0.223. The Balaban J connectivity index is 1.45. The minimum absolute atomic E-state index is 0.164. The molecule has 1 aliphatic rings. The number of rotatable bonds is 3. The molecule has 2 heterocycles. The lowest BCUT2D eigenvalue weighted by atomic mass is 10.00. The zero-order valence-electron chi connectivity index (χ0n) is 14.2. The van der Waals surface area contributed by atoms with Gasteiger partial charge in [-0.2, -0.15) is 0 Å². The van der Waals surface area contributed by atoms with E-state index in [1.807, 2.05) is 6.07 Å². The summed E-state index contributed by atoms with van der Waals surface area (Å²) in [6.07, 6.45) is 2.60. The van der Waals surface area contributed by atoms with E-state index in [1.54, 1.807) is 24.4 Å². The van der Waals surface area contributed by atoms with Crippen LogP contribution in [0.15, 0.2) is 66.9 Å². The van der Waals surface area contributed by atoms with Gasteiger partial charge in [0.25, 0.3) is 5.91 Å². The van der Waals surface area contributed by atoms with Crippen molar-refractivity contribution in [3.05, 3.63) is 83.6 Å². The van der Waals surface area contributed by atoms with Gasteiger partial charge in [-0.3, -0.25) is 4.79 Å². The SMILES string of the molecule is O=C(Nc1ccc(O)cc1)c1ccc(N2CCc3ccccc3C2)nc1. The van der Waals surface area contributed by atoms with E-state index in [0.29, 0.717) is 11.3 Å². The molecule has 2 N–H and O–H groups in total. The first-order valence-electron chi connectivity index (χ1n) is 8.57. The predicted molar refractivity (Wildman–Crippen MR) is 101 cm³/mol. The molecule has 130 valence electrons. The lowest BCUT2D eigenvalue weighted by molar-refractivity contribution is 0.102. The van der Waals surface area contributed by atoms with Crippen LogP contribution in [0.2, 0.25) is 0 Å². The molecule has 0 atom stereocenters. The second kappa shape index (κ2) is 6.88. The number of phenolic OH excluding ortho intramolecular Hbond substituents is 1. The highest BCUT2D eigenvalue weighted by atomic mass is 16.3. The largest absolute Gasteiger partial charge is 0.508 e. The second-order valence-electron chi connectivity index (χ2n) is 6.35. The summed E-state index contributed by atoms with van der Waals surface area (Å²) in [5.41, 5.74) is 3.85. The van der Waals surface area contributed by atoms with E-state index in [2.05, 4.69) is 39.5 Å². The van der Waals surface area contributed by atoms with Gasteiger partial charge in [-0.15, -0.1) is 0 Å². The summed E-state index contributed by atoms with van der Waals surface area (Å²) in [6.45, 7) is 1.76. The third-order valence-corrected chi connectivity index (χ3v) is 4.59. The lowest BCUT2D eigenvalue weighted by Crippen LogP contribution is -2.31. The summed E-state index contributed by atoms with van der Waals surface area (Å²) in [5.74, 6) is 0.816. The maximum atomic E-state index is 12.3. The van der Waals surface area contributed by atoms with E-state index in [0.717, 1.165) is 25.3 Å². The molecule has 0 bridgehead atoms. The van der Waals surface area contributed by atoms with Crippen LogP contribution in [0.5, 0.6) is 5.75 Å². The van der Waals surface area contributed by atoms with Crippen molar-refractivity contribution in [2.75, 3.05) is 16.8 Å². The smallest absolute Gasteiger partial charge is 0.257 e. The van der Waals surface area contributed by atoms with Gasteiger partial charge in [0.15, 0.2) is 0 Å². The predicted octanol–water partition coefficient (Wildman–Crippen LogP) is 3.60. The van der Waals surface area contributed by atoms with Crippen LogP contribution >= 0.6 is 0 Å². The molecule has 4 rings (SSSR count). The Bertz CT molecular complexity index is 921. The zero-order valence-corrected chi connectivity index (χ0v) is 14.2. The van der Waals surface area contributed by atoms with Gasteiger partial charge in [-0.05, 0) is 53.9 Å². The van der Waals surface area contributed by atoms with Crippen molar-refractivity contribution < 1.29 is 9.90 Å². The van der Waals surface area contributed by atoms with Gasteiger partial charge in [0, 0.05) is 25.0 Å². The van der Waals surface area contributed by atoms with Gasteiger partial charge >= 0.3 is 0 Å². The van der Waals surface area contributed by atoms with Crippen LogP contribution in [0.4, 0.5) is 11.5 Å². The Labute approximate surface area is 151 Å². The van der Waals surface area contributed by atoms with Gasteiger partial charge in [-0.25, -0.2) is 4.98 Å². The first-order chi connectivity index (χ1) is 12.7. The van der Waals surface area contributed by atoms with Crippen LogP contribution < -0.4 is 10.2 Å². The number of carbonyl (C=O) groups is 1. The number of hydrogen-bond donors (Lipinski definition) is 2. The molecular formula is C21H19N3O2. The molecule has 5 nitrogen and oxygen atoms in total. The van der Waals surface area contributed by atoms with E-state index in [9.17, 15) is 9.90 Å². The van der Waals surface area contributed by atoms with Crippen molar-refractivity contribution in [3.63, 3.8) is 0 Å². The fourth-order valence-electron chi connectivity index (χ4n) is 3.15. The van der Waals surface area contributed by atoms with E-state index >= 15 is 0 Å². The molecule has 2 aromatic carbocycles. The number of nitrogens with one attached hydrogen (secondary N) is 1. The average Bonchev–Trinajstić information content (AvgIpc) is 2.69. The summed E-state index contributed by atoms with van der Waals surface area (Å²) in [4.78, 5) is 19.0. The molecule has 0 aliphatic carbocycles. The number of carbonyl (C=O) groups excluding carboxylic acids is 1. The third kappa shape index (κ3) is 3.37. The van der Waals surface area contributed by atoms with Crippen molar-refractivity contribution in [3.8, 4) is 5.75 Å². The maximum absolute atomic E-state index is 12.3. The number of amides is 1. The molecule has 0 fully saturated rings. The molecule has 0 saturated heterocycles. The van der Waals surface area contributed by atoms with E-state index in [1.165, 1.54) is 23.3 Å². The number of phenols is 1. The first-order valence-corrected chi connectivity index (χ1v) is 8.57. The number of hydrogen-bond acceptors (Lipinski definition) is 4. The van der Waals surface area contributed by atoms with E-state index < -0.39 is 0 Å². The highest BCUT2D eigenvalue weighted by molar-refractivity contribution is 6.04. The number of nitrogens with zero attached hydrogens (tertiary/aromatic N) is 2. The summed E-state index contributed by atoms with van der Waals surface area (Å²) >= 11 is 0. The van der Waals surface area contributed by atoms with Crippen LogP contribution in [-0.2, 0) is 13.0 Å². The van der Waals surface area contributed by atoms with Crippen molar-refractivity contribution in [2.24, 2.45) is 0 Å². The third-order valence-electron chi connectivity index (χ3n) is 4.59. The normalized spacial score (nSPS) is 13.2. The van der Waals surface area contributed by atoms with Crippen molar-refractivity contribution in [1.82, 2.24) is 4.98 Å². The van der Waals surface area contributed by atoms with Crippen LogP contribution in [0, 0.1) is 0 Å². The summed E-state index contributed by atoms with van der Waals surface area (Å²) in [6, 6.07) is 18.5. The minimum Gasteiger partial charge on any atom is -0.508 e. The van der Waals surface area contributed by atoms with Gasteiger partial charge in [0.2, 0.25) is 0 Å². The Morgan fingerprint density at radius 3 is 2.50 bits per heavy atom.